The highest BCUT2D eigenvalue weighted by molar-refractivity contribution is 5.76. The summed E-state index contributed by atoms with van der Waals surface area (Å²) in [6, 6.07) is 0.315. The van der Waals surface area contributed by atoms with E-state index >= 15 is 0 Å². The molecule has 2 rings (SSSR count). The molecule has 0 aromatic heterocycles. The molecule has 2 aliphatic rings. The van der Waals surface area contributed by atoms with Gasteiger partial charge in [-0.15, -0.1) is 0 Å². The van der Waals surface area contributed by atoms with Gasteiger partial charge in [-0.25, -0.2) is 0 Å². The third-order valence-electron chi connectivity index (χ3n) is 5.06. The molecule has 1 saturated carbocycles. The summed E-state index contributed by atoms with van der Waals surface area (Å²) >= 11 is 0. The Morgan fingerprint density at radius 3 is 2.19 bits per heavy atom. The Bertz CT molecular complexity index is 340. The van der Waals surface area contributed by atoms with E-state index in [0.717, 1.165) is 31.6 Å². The number of amides is 1. The summed E-state index contributed by atoms with van der Waals surface area (Å²) in [4.78, 5) is 12.2. The van der Waals surface area contributed by atoms with Crippen LogP contribution < -0.4 is 10.6 Å². The molecule has 2 fully saturated rings. The zero-order valence-corrected chi connectivity index (χ0v) is 14.4. The number of piperidine rings is 1. The number of rotatable bonds is 4. The highest BCUT2D eigenvalue weighted by Gasteiger charge is 2.38. The topological polar surface area (TPSA) is 41.1 Å². The first-order valence-electron chi connectivity index (χ1n) is 8.84. The first-order chi connectivity index (χ1) is 9.76. The second kappa shape index (κ2) is 6.68. The lowest BCUT2D eigenvalue weighted by Crippen LogP contribution is -2.62. The summed E-state index contributed by atoms with van der Waals surface area (Å²) in [5.74, 6) is 1.06. The summed E-state index contributed by atoms with van der Waals surface area (Å²) in [6.07, 6.45) is 10.6. The van der Waals surface area contributed by atoms with Gasteiger partial charge in [0, 0.05) is 23.5 Å². The Hall–Kier alpha value is -0.570. The van der Waals surface area contributed by atoms with Crippen molar-refractivity contribution in [2.75, 3.05) is 0 Å². The lowest BCUT2D eigenvalue weighted by molar-refractivity contribution is -0.122. The molecule has 0 aromatic rings. The van der Waals surface area contributed by atoms with Crippen LogP contribution in [0.3, 0.4) is 0 Å². The average Bonchev–Trinajstić information content (AvgIpc) is 2.33. The molecule has 0 bridgehead atoms. The fourth-order valence-corrected chi connectivity index (χ4v) is 4.54. The molecule has 3 heteroatoms. The van der Waals surface area contributed by atoms with Crippen molar-refractivity contribution in [2.45, 2.75) is 103 Å². The van der Waals surface area contributed by atoms with E-state index in [2.05, 4.69) is 38.3 Å². The molecule has 122 valence electrons. The van der Waals surface area contributed by atoms with Crippen molar-refractivity contribution >= 4 is 5.91 Å². The normalized spacial score (nSPS) is 26.5. The summed E-state index contributed by atoms with van der Waals surface area (Å²) < 4.78 is 0. The minimum absolute atomic E-state index is 0.100. The lowest BCUT2D eigenvalue weighted by atomic mass is 9.79. The predicted octanol–water partition coefficient (Wildman–Crippen LogP) is 3.77. The van der Waals surface area contributed by atoms with Crippen LogP contribution in [0.1, 0.15) is 85.5 Å². The second-order valence-corrected chi connectivity index (χ2v) is 8.61. The van der Waals surface area contributed by atoms with E-state index < -0.39 is 0 Å². The third-order valence-corrected chi connectivity index (χ3v) is 5.06. The first kappa shape index (κ1) is 16.8. The third kappa shape index (κ3) is 5.61. The van der Waals surface area contributed by atoms with Gasteiger partial charge in [-0.3, -0.25) is 4.79 Å². The molecule has 0 spiro atoms. The van der Waals surface area contributed by atoms with E-state index in [-0.39, 0.29) is 17.0 Å². The molecule has 1 saturated heterocycles. The minimum atomic E-state index is 0.100. The number of carbonyl (C=O) groups is 1. The van der Waals surface area contributed by atoms with Crippen molar-refractivity contribution in [2.24, 2.45) is 5.92 Å². The van der Waals surface area contributed by atoms with Gasteiger partial charge in [0.05, 0.1) is 0 Å². The molecule has 0 unspecified atom stereocenters. The van der Waals surface area contributed by atoms with E-state index in [1.807, 2.05) is 0 Å². The summed E-state index contributed by atoms with van der Waals surface area (Å²) in [7, 11) is 0. The summed E-state index contributed by atoms with van der Waals surface area (Å²) in [6.45, 7) is 8.92. The predicted molar refractivity (Wildman–Crippen MR) is 88.3 cm³/mol. The minimum Gasteiger partial charge on any atom is -0.353 e. The van der Waals surface area contributed by atoms with Crippen molar-refractivity contribution in [3.63, 3.8) is 0 Å². The van der Waals surface area contributed by atoms with Gasteiger partial charge in [-0.2, -0.15) is 0 Å². The van der Waals surface area contributed by atoms with Crippen LogP contribution in [0.25, 0.3) is 0 Å². The van der Waals surface area contributed by atoms with E-state index in [1.165, 1.54) is 32.1 Å². The van der Waals surface area contributed by atoms with Gasteiger partial charge in [0.15, 0.2) is 0 Å². The first-order valence-corrected chi connectivity index (χ1v) is 8.84. The molecule has 1 aliphatic heterocycles. The fourth-order valence-electron chi connectivity index (χ4n) is 4.54. The van der Waals surface area contributed by atoms with Gasteiger partial charge in [0.2, 0.25) is 5.91 Å². The zero-order chi connectivity index (χ0) is 15.5. The maximum absolute atomic E-state index is 12.2. The molecule has 1 amide bonds. The van der Waals surface area contributed by atoms with Crippen LogP contribution in [0.5, 0.6) is 0 Å². The molecule has 1 heterocycles. The zero-order valence-electron chi connectivity index (χ0n) is 14.4. The molecular formula is C18H34N2O. The number of nitrogens with one attached hydrogen (secondary N) is 2. The van der Waals surface area contributed by atoms with Crippen LogP contribution in [0, 0.1) is 5.92 Å². The van der Waals surface area contributed by atoms with Crippen LogP contribution in [0.4, 0.5) is 0 Å². The van der Waals surface area contributed by atoms with Crippen molar-refractivity contribution in [3.8, 4) is 0 Å². The fraction of sp³-hybridized carbons (Fsp3) is 0.944. The van der Waals surface area contributed by atoms with E-state index in [4.69, 9.17) is 0 Å². The van der Waals surface area contributed by atoms with Crippen molar-refractivity contribution in [3.05, 3.63) is 0 Å². The molecule has 0 aromatic carbocycles. The Morgan fingerprint density at radius 2 is 1.62 bits per heavy atom. The Morgan fingerprint density at radius 1 is 1.05 bits per heavy atom. The van der Waals surface area contributed by atoms with Crippen LogP contribution in [0.15, 0.2) is 0 Å². The molecule has 21 heavy (non-hydrogen) atoms. The summed E-state index contributed by atoms with van der Waals surface area (Å²) in [5.41, 5.74) is 0.201. The number of hydrogen-bond donors (Lipinski definition) is 2. The van der Waals surface area contributed by atoms with E-state index in [1.54, 1.807) is 0 Å². The van der Waals surface area contributed by atoms with Crippen LogP contribution in [0.2, 0.25) is 0 Å². The van der Waals surface area contributed by atoms with Crippen LogP contribution in [-0.4, -0.2) is 23.0 Å². The Balaban J connectivity index is 1.76. The highest BCUT2D eigenvalue weighted by Crippen LogP contribution is 2.29. The van der Waals surface area contributed by atoms with Gasteiger partial charge in [-0.1, -0.05) is 32.1 Å². The average molecular weight is 294 g/mol. The summed E-state index contributed by atoms with van der Waals surface area (Å²) in [5, 5.41) is 6.96. The van der Waals surface area contributed by atoms with Gasteiger partial charge in [-0.05, 0) is 52.9 Å². The van der Waals surface area contributed by atoms with Gasteiger partial charge in [0.1, 0.15) is 0 Å². The second-order valence-electron chi connectivity index (χ2n) is 8.61. The monoisotopic (exact) mass is 294 g/mol. The SMILES string of the molecule is CC1(C)CC(NC(=O)CCC2CCCCC2)CC(C)(C)N1. The van der Waals surface area contributed by atoms with Crippen molar-refractivity contribution < 1.29 is 4.79 Å². The quantitative estimate of drug-likeness (QED) is 0.828. The van der Waals surface area contributed by atoms with Gasteiger partial charge in [0.25, 0.3) is 0 Å². The number of hydrogen-bond acceptors (Lipinski definition) is 2. The number of carbonyl (C=O) groups excluding carboxylic acids is 1. The van der Waals surface area contributed by atoms with E-state index in [9.17, 15) is 4.79 Å². The molecule has 0 radical (unpaired) electrons. The van der Waals surface area contributed by atoms with Gasteiger partial charge >= 0.3 is 0 Å². The van der Waals surface area contributed by atoms with Gasteiger partial charge < -0.3 is 10.6 Å². The molecule has 3 nitrogen and oxygen atoms in total. The lowest BCUT2D eigenvalue weighted by Gasteiger charge is -2.46. The largest absolute Gasteiger partial charge is 0.353 e. The Labute approximate surface area is 130 Å². The molecule has 2 N–H and O–H groups in total. The smallest absolute Gasteiger partial charge is 0.220 e. The maximum Gasteiger partial charge on any atom is 0.220 e. The molecule has 1 aliphatic carbocycles. The maximum atomic E-state index is 12.2. The Kier molecular flexibility index (Phi) is 5.34. The van der Waals surface area contributed by atoms with Crippen LogP contribution >= 0.6 is 0 Å². The van der Waals surface area contributed by atoms with Crippen LogP contribution in [-0.2, 0) is 4.79 Å². The molecular weight excluding hydrogens is 260 g/mol. The molecule has 0 atom stereocenters. The standard InChI is InChI=1S/C18H34N2O/c1-17(2)12-15(13-18(3,4)20-17)19-16(21)11-10-14-8-6-5-7-9-14/h14-15,20H,5-13H2,1-4H3,(H,19,21). The highest BCUT2D eigenvalue weighted by atomic mass is 16.1. The van der Waals surface area contributed by atoms with E-state index in [0.29, 0.717) is 6.04 Å². The van der Waals surface area contributed by atoms with Crippen molar-refractivity contribution in [1.82, 2.24) is 10.6 Å². The van der Waals surface area contributed by atoms with Crippen molar-refractivity contribution in [1.29, 1.82) is 0 Å².